The third-order valence-electron chi connectivity index (χ3n) is 5.12. The second kappa shape index (κ2) is 5.74. The maximum absolute atomic E-state index is 5.20. The van der Waals surface area contributed by atoms with Crippen LogP contribution in [0.4, 0.5) is 5.69 Å². The molecule has 2 aliphatic heterocycles. The summed E-state index contributed by atoms with van der Waals surface area (Å²) >= 11 is 0. The largest absolute Gasteiger partial charge is 0.383 e. The molecule has 2 heterocycles. The highest BCUT2D eigenvalue weighted by Gasteiger charge is 2.43. The molecule has 110 valence electrons. The van der Waals surface area contributed by atoms with Crippen LogP contribution in [0.3, 0.4) is 0 Å². The number of methoxy groups -OCH3 is 1. The summed E-state index contributed by atoms with van der Waals surface area (Å²) in [5, 5.41) is 0. The van der Waals surface area contributed by atoms with Gasteiger partial charge in [0.15, 0.2) is 0 Å². The zero-order valence-corrected chi connectivity index (χ0v) is 12.8. The van der Waals surface area contributed by atoms with Gasteiger partial charge < -0.3 is 14.5 Å². The lowest BCUT2D eigenvalue weighted by Gasteiger charge is -2.40. The first-order valence-electron chi connectivity index (χ1n) is 7.85. The van der Waals surface area contributed by atoms with Crippen molar-refractivity contribution in [2.45, 2.75) is 25.2 Å². The van der Waals surface area contributed by atoms with Gasteiger partial charge in [-0.1, -0.05) is 18.2 Å². The maximum atomic E-state index is 5.20. The molecular formula is C17H26N2O. The molecule has 3 rings (SSSR count). The molecule has 0 aromatic heterocycles. The average molecular weight is 274 g/mol. The normalized spacial score (nSPS) is 21.4. The van der Waals surface area contributed by atoms with E-state index < -0.39 is 0 Å². The molecule has 1 saturated heterocycles. The molecule has 0 aliphatic carbocycles. The summed E-state index contributed by atoms with van der Waals surface area (Å²) in [6, 6.07) is 9.03. The molecular weight excluding hydrogens is 248 g/mol. The molecule has 0 amide bonds. The minimum atomic E-state index is 0.399. The molecule has 2 aliphatic rings. The highest BCUT2D eigenvalue weighted by molar-refractivity contribution is 5.62. The lowest BCUT2D eigenvalue weighted by Crippen LogP contribution is -2.45. The van der Waals surface area contributed by atoms with Crippen molar-refractivity contribution >= 4 is 5.69 Å². The minimum absolute atomic E-state index is 0.399. The summed E-state index contributed by atoms with van der Waals surface area (Å²) in [5.41, 5.74) is 3.46. The van der Waals surface area contributed by atoms with Crippen molar-refractivity contribution in [3.8, 4) is 0 Å². The van der Waals surface area contributed by atoms with Crippen molar-refractivity contribution in [3.05, 3.63) is 29.8 Å². The van der Waals surface area contributed by atoms with Crippen molar-refractivity contribution < 1.29 is 4.74 Å². The first-order valence-corrected chi connectivity index (χ1v) is 7.85. The predicted molar refractivity (Wildman–Crippen MR) is 83.6 cm³/mol. The number of para-hydroxylation sites is 1. The van der Waals surface area contributed by atoms with Crippen LogP contribution in [0.5, 0.6) is 0 Å². The van der Waals surface area contributed by atoms with Crippen LogP contribution in [-0.2, 0) is 10.2 Å². The van der Waals surface area contributed by atoms with Crippen LogP contribution in [0.1, 0.15) is 25.3 Å². The highest BCUT2D eigenvalue weighted by Crippen LogP contribution is 2.46. The van der Waals surface area contributed by atoms with Crippen LogP contribution in [0.2, 0.25) is 0 Å². The van der Waals surface area contributed by atoms with E-state index in [1.54, 1.807) is 12.7 Å². The molecule has 0 atom stereocenters. The van der Waals surface area contributed by atoms with Crippen molar-refractivity contribution in [2.24, 2.45) is 0 Å². The Morgan fingerprint density at radius 1 is 1.20 bits per heavy atom. The van der Waals surface area contributed by atoms with Crippen molar-refractivity contribution in [3.63, 3.8) is 0 Å². The van der Waals surface area contributed by atoms with E-state index in [4.69, 9.17) is 4.74 Å². The highest BCUT2D eigenvalue weighted by atomic mass is 16.5. The number of anilines is 1. The number of piperidine rings is 1. The third-order valence-corrected chi connectivity index (χ3v) is 5.12. The van der Waals surface area contributed by atoms with E-state index in [1.807, 2.05) is 0 Å². The standard InChI is InChI=1S/C17H26N2O/c1-3-19-14-17(15-6-4-5-7-16(15)19)8-10-18(11-9-17)12-13-20-2/h4-7H,3,8-14H2,1-2H3. The molecule has 3 nitrogen and oxygen atoms in total. The quantitative estimate of drug-likeness (QED) is 0.839. The van der Waals surface area contributed by atoms with Gasteiger partial charge in [0, 0.05) is 37.8 Å². The van der Waals surface area contributed by atoms with Crippen LogP contribution in [0.25, 0.3) is 0 Å². The van der Waals surface area contributed by atoms with E-state index in [2.05, 4.69) is 41.0 Å². The van der Waals surface area contributed by atoms with E-state index in [0.717, 1.165) is 19.7 Å². The van der Waals surface area contributed by atoms with Crippen molar-refractivity contribution in [2.75, 3.05) is 51.3 Å². The summed E-state index contributed by atoms with van der Waals surface area (Å²) in [7, 11) is 1.79. The van der Waals surface area contributed by atoms with Crippen LogP contribution in [0, 0.1) is 0 Å². The van der Waals surface area contributed by atoms with Gasteiger partial charge in [-0.2, -0.15) is 0 Å². The molecule has 20 heavy (non-hydrogen) atoms. The monoisotopic (exact) mass is 274 g/mol. The number of ether oxygens (including phenoxy) is 1. The second-order valence-corrected chi connectivity index (χ2v) is 6.15. The van der Waals surface area contributed by atoms with E-state index in [1.165, 1.54) is 38.2 Å². The Hall–Kier alpha value is -1.06. The van der Waals surface area contributed by atoms with Gasteiger partial charge in [-0.05, 0) is 44.5 Å². The van der Waals surface area contributed by atoms with Gasteiger partial charge >= 0.3 is 0 Å². The second-order valence-electron chi connectivity index (χ2n) is 6.15. The number of hydrogen-bond donors (Lipinski definition) is 0. The number of hydrogen-bond acceptors (Lipinski definition) is 3. The van der Waals surface area contributed by atoms with Crippen LogP contribution in [0.15, 0.2) is 24.3 Å². The molecule has 0 bridgehead atoms. The molecule has 0 saturated carbocycles. The smallest absolute Gasteiger partial charge is 0.0589 e. The minimum Gasteiger partial charge on any atom is -0.383 e. The van der Waals surface area contributed by atoms with Crippen LogP contribution < -0.4 is 4.90 Å². The molecule has 0 radical (unpaired) electrons. The van der Waals surface area contributed by atoms with E-state index in [9.17, 15) is 0 Å². The van der Waals surface area contributed by atoms with E-state index >= 15 is 0 Å². The van der Waals surface area contributed by atoms with Gasteiger partial charge in [0.2, 0.25) is 0 Å². The zero-order chi connectivity index (χ0) is 14.0. The summed E-state index contributed by atoms with van der Waals surface area (Å²) in [6.07, 6.45) is 2.56. The van der Waals surface area contributed by atoms with E-state index in [-0.39, 0.29) is 0 Å². The Morgan fingerprint density at radius 2 is 1.95 bits per heavy atom. The Labute approximate surface area is 122 Å². The predicted octanol–water partition coefficient (Wildman–Crippen LogP) is 2.51. The van der Waals surface area contributed by atoms with Gasteiger partial charge in [0.05, 0.1) is 6.61 Å². The fraction of sp³-hybridized carbons (Fsp3) is 0.647. The Morgan fingerprint density at radius 3 is 2.65 bits per heavy atom. The molecule has 1 aromatic rings. The molecule has 0 unspecified atom stereocenters. The topological polar surface area (TPSA) is 15.7 Å². The number of rotatable bonds is 4. The van der Waals surface area contributed by atoms with Crippen LogP contribution in [-0.4, -0.2) is 51.3 Å². The van der Waals surface area contributed by atoms with Crippen LogP contribution >= 0.6 is 0 Å². The fourth-order valence-electron chi connectivity index (χ4n) is 3.87. The van der Waals surface area contributed by atoms with E-state index in [0.29, 0.717) is 5.41 Å². The first kappa shape index (κ1) is 13.9. The van der Waals surface area contributed by atoms with Crippen molar-refractivity contribution in [1.82, 2.24) is 4.90 Å². The van der Waals surface area contributed by atoms with Gasteiger partial charge in [-0.15, -0.1) is 0 Å². The molecule has 1 fully saturated rings. The number of likely N-dealkylation sites (N-methyl/N-ethyl adjacent to an activating group) is 1. The zero-order valence-electron chi connectivity index (χ0n) is 12.8. The molecule has 1 aromatic carbocycles. The number of fused-ring (bicyclic) bond motifs is 2. The maximum Gasteiger partial charge on any atom is 0.0589 e. The fourth-order valence-corrected chi connectivity index (χ4v) is 3.87. The number of benzene rings is 1. The summed E-state index contributed by atoms with van der Waals surface area (Å²) < 4.78 is 5.20. The van der Waals surface area contributed by atoms with Crippen molar-refractivity contribution in [1.29, 1.82) is 0 Å². The number of likely N-dealkylation sites (tertiary alicyclic amines) is 1. The average Bonchev–Trinajstić information content (AvgIpc) is 2.81. The summed E-state index contributed by atoms with van der Waals surface area (Å²) in [6.45, 7) is 8.93. The van der Waals surface area contributed by atoms with Gasteiger partial charge in [-0.3, -0.25) is 0 Å². The lowest BCUT2D eigenvalue weighted by molar-refractivity contribution is 0.113. The lowest BCUT2D eigenvalue weighted by atomic mass is 9.74. The van der Waals surface area contributed by atoms with Gasteiger partial charge in [0.25, 0.3) is 0 Å². The number of nitrogens with zero attached hydrogens (tertiary/aromatic N) is 2. The first-order chi connectivity index (χ1) is 9.79. The Bertz CT molecular complexity index is 452. The molecule has 0 N–H and O–H groups in total. The van der Waals surface area contributed by atoms with Gasteiger partial charge in [-0.25, -0.2) is 0 Å². The van der Waals surface area contributed by atoms with Gasteiger partial charge in [0.1, 0.15) is 0 Å². The summed E-state index contributed by atoms with van der Waals surface area (Å²) in [4.78, 5) is 5.10. The Balaban J connectivity index is 1.75. The summed E-state index contributed by atoms with van der Waals surface area (Å²) in [5.74, 6) is 0. The molecule has 1 spiro atoms. The SMILES string of the molecule is CCN1CC2(CCN(CCOC)CC2)c2ccccc21. The molecule has 3 heteroatoms. The Kier molecular flexibility index (Phi) is 3.99. The third kappa shape index (κ3) is 2.33.